The van der Waals surface area contributed by atoms with Crippen LogP contribution in [0.4, 0.5) is 5.82 Å². The maximum absolute atomic E-state index is 6.08. The number of piperazine rings is 1. The van der Waals surface area contributed by atoms with E-state index in [9.17, 15) is 0 Å². The quantitative estimate of drug-likeness (QED) is 0.427. The summed E-state index contributed by atoms with van der Waals surface area (Å²) in [7, 11) is 0. The SMILES string of the molecule is Nc1ccc2cc(CN3CCN(Cc4ccc(-c5ccc(Cl)s5)s4)CC3)ccc2n1. The fourth-order valence-corrected chi connectivity index (χ4v) is 6.10. The third kappa shape index (κ3) is 4.53. The highest BCUT2D eigenvalue weighted by atomic mass is 35.5. The standard InChI is InChI=1S/C23H23ClN4S2/c24-22-7-6-21(30-22)20-5-3-18(29-20)15-28-11-9-27(10-12-28)14-16-1-4-19-17(13-16)2-8-23(25)26-19/h1-8,13H,9-12,14-15H2,(H2,25,26). The Bertz CT molecular complexity index is 1160. The zero-order valence-electron chi connectivity index (χ0n) is 16.6. The summed E-state index contributed by atoms with van der Waals surface area (Å²) in [6, 6.07) is 19.0. The Morgan fingerprint density at radius 1 is 0.833 bits per heavy atom. The lowest BCUT2D eigenvalue weighted by atomic mass is 10.1. The van der Waals surface area contributed by atoms with Crippen LogP contribution in [-0.4, -0.2) is 41.0 Å². The van der Waals surface area contributed by atoms with Gasteiger partial charge in [-0.05, 0) is 54.1 Å². The van der Waals surface area contributed by atoms with Gasteiger partial charge in [-0.25, -0.2) is 4.98 Å². The number of thiophene rings is 2. The lowest BCUT2D eigenvalue weighted by Crippen LogP contribution is -2.45. The van der Waals surface area contributed by atoms with Gasteiger partial charge in [0.25, 0.3) is 0 Å². The molecule has 0 atom stereocenters. The number of anilines is 1. The van der Waals surface area contributed by atoms with Gasteiger partial charge in [-0.2, -0.15) is 0 Å². The van der Waals surface area contributed by atoms with Crippen LogP contribution >= 0.6 is 34.3 Å². The molecule has 1 aliphatic heterocycles. The van der Waals surface area contributed by atoms with Gasteiger partial charge >= 0.3 is 0 Å². The Balaban J connectivity index is 1.16. The Kier molecular flexibility index (Phi) is 5.76. The summed E-state index contributed by atoms with van der Waals surface area (Å²) in [6.07, 6.45) is 0. The molecule has 30 heavy (non-hydrogen) atoms. The second-order valence-corrected chi connectivity index (χ2v) is 10.6. The minimum atomic E-state index is 0.573. The molecular formula is C23H23ClN4S2. The number of halogens is 1. The summed E-state index contributed by atoms with van der Waals surface area (Å²) in [4.78, 5) is 13.5. The maximum atomic E-state index is 6.08. The van der Waals surface area contributed by atoms with E-state index in [2.05, 4.69) is 57.2 Å². The largest absolute Gasteiger partial charge is 0.384 e. The lowest BCUT2D eigenvalue weighted by Gasteiger charge is -2.34. The van der Waals surface area contributed by atoms with Gasteiger partial charge in [-0.1, -0.05) is 17.7 Å². The maximum Gasteiger partial charge on any atom is 0.124 e. The lowest BCUT2D eigenvalue weighted by molar-refractivity contribution is 0.123. The highest BCUT2D eigenvalue weighted by Crippen LogP contribution is 2.35. The molecule has 4 nitrogen and oxygen atoms in total. The van der Waals surface area contributed by atoms with Crippen molar-refractivity contribution in [2.24, 2.45) is 0 Å². The van der Waals surface area contributed by atoms with Crippen molar-refractivity contribution in [3.05, 3.63) is 69.4 Å². The predicted molar refractivity (Wildman–Crippen MR) is 129 cm³/mol. The van der Waals surface area contributed by atoms with Crippen LogP contribution in [0.5, 0.6) is 0 Å². The summed E-state index contributed by atoms with van der Waals surface area (Å²) >= 11 is 9.61. The van der Waals surface area contributed by atoms with Crippen molar-refractivity contribution in [1.82, 2.24) is 14.8 Å². The smallest absolute Gasteiger partial charge is 0.124 e. The number of benzene rings is 1. The Hall–Kier alpha value is -1.96. The first kappa shape index (κ1) is 20.0. The monoisotopic (exact) mass is 454 g/mol. The number of pyridine rings is 1. The van der Waals surface area contributed by atoms with Crippen LogP contribution < -0.4 is 5.73 Å². The fourth-order valence-electron chi connectivity index (χ4n) is 3.92. The highest BCUT2D eigenvalue weighted by Gasteiger charge is 2.18. The molecule has 4 heterocycles. The molecule has 1 saturated heterocycles. The van der Waals surface area contributed by atoms with Gasteiger partial charge in [0.15, 0.2) is 0 Å². The zero-order valence-corrected chi connectivity index (χ0v) is 18.9. The number of rotatable bonds is 5. The van der Waals surface area contributed by atoms with Crippen LogP contribution in [0, 0.1) is 0 Å². The predicted octanol–water partition coefficient (Wildman–Crippen LogP) is 5.58. The molecule has 3 aromatic heterocycles. The molecule has 154 valence electrons. The number of hydrogen-bond acceptors (Lipinski definition) is 6. The molecule has 0 spiro atoms. The number of nitrogen functional groups attached to an aromatic ring is 1. The van der Waals surface area contributed by atoms with Gasteiger partial charge in [-0.3, -0.25) is 9.80 Å². The summed E-state index contributed by atoms with van der Waals surface area (Å²) < 4.78 is 0.850. The molecule has 1 fully saturated rings. The number of hydrogen-bond donors (Lipinski definition) is 1. The third-order valence-corrected chi connectivity index (χ3v) is 8.00. The van der Waals surface area contributed by atoms with E-state index in [1.165, 1.54) is 20.2 Å². The zero-order chi connectivity index (χ0) is 20.5. The van der Waals surface area contributed by atoms with E-state index in [4.69, 9.17) is 17.3 Å². The van der Waals surface area contributed by atoms with Gasteiger partial charge in [0, 0.05) is 59.3 Å². The molecule has 0 radical (unpaired) electrons. The average Bonchev–Trinajstić information content (AvgIpc) is 3.38. The Morgan fingerprint density at radius 3 is 2.33 bits per heavy atom. The molecule has 0 bridgehead atoms. The molecule has 5 rings (SSSR count). The molecule has 7 heteroatoms. The molecule has 4 aromatic rings. The van der Waals surface area contributed by atoms with Gasteiger partial charge in [0.05, 0.1) is 9.85 Å². The number of fused-ring (bicyclic) bond motifs is 1. The third-order valence-electron chi connectivity index (χ3n) is 5.50. The van der Waals surface area contributed by atoms with E-state index in [0.717, 1.165) is 54.5 Å². The number of nitrogens with two attached hydrogens (primary N) is 1. The molecule has 1 aromatic carbocycles. The summed E-state index contributed by atoms with van der Waals surface area (Å²) in [5.74, 6) is 0.573. The van der Waals surface area contributed by atoms with Crippen molar-refractivity contribution in [2.45, 2.75) is 13.1 Å². The molecule has 2 N–H and O–H groups in total. The molecular weight excluding hydrogens is 432 g/mol. The molecule has 0 saturated carbocycles. The first-order valence-corrected chi connectivity index (χ1v) is 12.1. The van der Waals surface area contributed by atoms with Crippen molar-refractivity contribution in [1.29, 1.82) is 0 Å². The van der Waals surface area contributed by atoms with Gasteiger partial charge in [-0.15, -0.1) is 22.7 Å². The van der Waals surface area contributed by atoms with Gasteiger partial charge in [0.2, 0.25) is 0 Å². The normalized spacial score (nSPS) is 15.8. The van der Waals surface area contributed by atoms with Crippen molar-refractivity contribution >= 4 is 51.0 Å². The topological polar surface area (TPSA) is 45.4 Å². The second-order valence-electron chi connectivity index (χ2n) is 7.69. The Morgan fingerprint density at radius 2 is 1.57 bits per heavy atom. The van der Waals surface area contributed by atoms with E-state index in [1.807, 2.05) is 23.5 Å². The van der Waals surface area contributed by atoms with Crippen molar-refractivity contribution in [3.8, 4) is 9.75 Å². The molecule has 0 amide bonds. The van der Waals surface area contributed by atoms with Crippen molar-refractivity contribution in [3.63, 3.8) is 0 Å². The van der Waals surface area contributed by atoms with E-state index < -0.39 is 0 Å². The fraction of sp³-hybridized carbons (Fsp3) is 0.261. The van der Waals surface area contributed by atoms with Gasteiger partial charge in [0.1, 0.15) is 5.82 Å². The van der Waals surface area contributed by atoms with Gasteiger partial charge < -0.3 is 5.73 Å². The highest BCUT2D eigenvalue weighted by molar-refractivity contribution is 7.24. The van der Waals surface area contributed by atoms with Crippen molar-refractivity contribution in [2.75, 3.05) is 31.9 Å². The first-order valence-electron chi connectivity index (χ1n) is 10.1. The Labute approximate surface area is 189 Å². The number of aromatic nitrogens is 1. The number of nitrogens with zero attached hydrogens (tertiary/aromatic N) is 3. The van der Waals surface area contributed by atoms with E-state index in [1.54, 1.807) is 11.3 Å². The van der Waals surface area contributed by atoms with Crippen molar-refractivity contribution < 1.29 is 0 Å². The summed E-state index contributed by atoms with van der Waals surface area (Å²) in [5, 5.41) is 1.15. The van der Waals surface area contributed by atoms with Crippen LogP contribution in [0.1, 0.15) is 10.4 Å². The van der Waals surface area contributed by atoms with Crippen LogP contribution in [0.3, 0.4) is 0 Å². The van der Waals surface area contributed by atoms with Crippen LogP contribution in [-0.2, 0) is 13.1 Å². The summed E-state index contributed by atoms with van der Waals surface area (Å²) in [5.41, 5.74) is 8.08. The summed E-state index contributed by atoms with van der Waals surface area (Å²) in [6.45, 7) is 6.40. The minimum Gasteiger partial charge on any atom is -0.384 e. The molecule has 0 aliphatic carbocycles. The van der Waals surface area contributed by atoms with Crippen LogP contribution in [0.15, 0.2) is 54.6 Å². The van der Waals surface area contributed by atoms with E-state index in [-0.39, 0.29) is 0 Å². The average molecular weight is 455 g/mol. The minimum absolute atomic E-state index is 0.573. The van der Waals surface area contributed by atoms with Crippen LogP contribution in [0.25, 0.3) is 20.7 Å². The van der Waals surface area contributed by atoms with Crippen LogP contribution in [0.2, 0.25) is 4.34 Å². The second kappa shape index (κ2) is 8.65. The molecule has 0 unspecified atom stereocenters. The molecule has 1 aliphatic rings. The van der Waals surface area contributed by atoms with E-state index >= 15 is 0 Å². The first-order chi connectivity index (χ1) is 14.6. The van der Waals surface area contributed by atoms with E-state index in [0.29, 0.717) is 5.82 Å².